The number of hydrogen-bond acceptors (Lipinski definition) is 3. The van der Waals surface area contributed by atoms with Crippen LogP contribution in [-0.4, -0.2) is 11.0 Å². The van der Waals surface area contributed by atoms with E-state index in [-0.39, 0.29) is 5.78 Å². The molecule has 1 aromatic heterocycles. The zero-order chi connectivity index (χ0) is 20.4. The highest BCUT2D eigenvalue weighted by molar-refractivity contribution is 6.68. The molecule has 0 saturated carbocycles. The van der Waals surface area contributed by atoms with Crippen molar-refractivity contribution in [3.05, 3.63) is 29.2 Å². The topological polar surface area (TPSA) is 47.3 Å². The Bertz CT molecular complexity index is 627. The summed E-state index contributed by atoms with van der Waals surface area (Å²) in [7, 11) is 0. The van der Waals surface area contributed by atoms with Gasteiger partial charge in [-0.15, -0.1) is 0 Å². The quantitative estimate of drug-likeness (QED) is 0.200. The van der Waals surface area contributed by atoms with Crippen molar-refractivity contribution >= 4 is 28.7 Å². The molecule has 4 heteroatoms. The monoisotopic (exact) mass is 394 g/mol. The Labute approximate surface area is 169 Å². The normalized spacial score (nSPS) is 14.4. The molecule has 1 aromatic rings. The molecule has 0 saturated heterocycles. The molecule has 0 aliphatic carbocycles. The Morgan fingerprint density at radius 3 is 2.19 bits per heavy atom. The fraction of sp³-hybridized carbons (Fsp3) is 0.652. The van der Waals surface area contributed by atoms with Crippen LogP contribution in [-0.2, 0) is 4.79 Å². The third kappa shape index (κ3) is 9.95. The van der Waals surface area contributed by atoms with Gasteiger partial charge in [-0.2, -0.15) is 0 Å². The number of rotatable bonds is 13. The van der Waals surface area contributed by atoms with Gasteiger partial charge in [-0.3, -0.25) is 9.59 Å². The van der Waals surface area contributed by atoms with Crippen LogP contribution in [0, 0.1) is 17.8 Å². The predicted octanol–water partition coefficient (Wildman–Crippen LogP) is 7.29. The summed E-state index contributed by atoms with van der Waals surface area (Å²) in [4.78, 5) is 23.4. The lowest BCUT2D eigenvalue weighted by Gasteiger charge is -2.14. The van der Waals surface area contributed by atoms with Gasteiger partial charge in [0.15, 0.2) is 11.5 Å². The van der Waals surface area contributed by atoms with E-state index < -0.39 is 5.24 Å². The lowest BCUT2D eigenvalue weighted by Crippen LogP contribution is -2.06. The van der Waals surface area contributed by atoms with Gasteiger partial charge in [-0.25, -0.2) is 0 Å². The second-order valence-electron chi connectivity index (χ2n) is 8.40. The molecule has 27 heavy (non-hydrogen) atoms. The Balaban J connectivity index is 2.35. The highest BCUT2D eigenvalue weighted by atomic mass is 35.5. The molecular weight excluding hydrogens is 360 g/mol. The summed E-state index contributed by atoms with van der Waals surface area (Å²) in [6.45, 7) is 10.6. The maximum absolute atomic E-state index is 12.4. The molecule has 2 unspecified atom stereocenters. The smallest absolute Gasteiger partial charge is 0.248 e. The van der Waals surface area contributed by atoms with Crippen molar-refractivity contribution in [2.45, 2.75) is 79.6 Å². The predicted molar refractivity (Wildman–Crippen MR) is 113 cm³/mol. The number of carbonyl (C=O) groups excluding carboxylic acids is 2. The molecular formula is C23H35ClO3. The Morgan fingerprint density at radius 1 is 1.00 bits per heavy atom. The largest absolute Gasteiger partial charge is 0.454 e. The van der Waals surface area contributed by atoms with Crippen LogP contribution in [0.25, 0.3) is 6.08 Å². The molecule has 3 nitrogen and oxygen atoms in total. The van der Waals surface area contributed by atoms with E-state index >= 15 is 0 Å². The minimum atomic E-state index is -0.522. The fourth-order valence-corrected chi connectivity index (χ4v) is 3.26. The van der Waals surface area contributed by atoms with E-state index in [1.165, 1.54) is 32.1 Å². The lowest BCUT2D eigenvalue weighted by atomic mass is 9.92. The van der Waals surface area contributed by atoms with Crippen molar-refractivity contribution in [3.63, 3.8) is 0 Å². The number of Topliss-reactive ketones (excluding diaryl/α,β-unsaturated/α-hetero) is 1. The minimum Gasteiger partial charge on any atom is -0.454 e. The van der Waals surface area contributed by atoms with E-state index in [1.54, 1.807) is 25.1 Å². The summed E-state index contributed by atoms with van der Waals surface area (Å²) >= 11 is 5.41. The summed E-state index contributed by atoms with van der Waals surface area (Å²) in [6.07, 6.45) is 9.44. The van der Waals surface area contributed by atoms with Gasteiger partial charge in [-0.1, -0.05) is 66.2 Å². The standard InChI is InChI=1S/C23H35ClO3/c1-16(2)8-6-9-17(3)10-7-11-18(4)14-21(25)22-13-12-20(27-22)15-19(5)23(24)26/h12-13,15-18H,6-11,14H2,1-5H3/b19-15+. The minimum absolute atomic E-state index is 0.0157. The molecule has 1 rings (SSSR count). The van der Waals surface area contributed by atoms with Crippen LogP contribution in [0.5, 0.6) is 0 Å². The van der Waals surface area contributed by atoms with Crippen LogP contribution in [0.2, 0.25) is 0 Å². The van der Waals surface area contributed by atoms with Crippen LogP contribution in [0.15, 0.2) is 22.1 Å². The second-order valence-corrected chi connectivity index (χ2v) is 8.74. The molecule has 0 aliphatic heterocycles. The van der Waals surface area contributed by atoms with Crippen molar-refractivity contribution in [2.24, 2.45) is 17.8 Å². The van der Waals surface area contributed by atoms with Gasteiger partial charge in [-0.05, 0) is 54.5 Å². The van der Waals surface area contributed by atoms with Gasteiger partial charge in [0.2, 0.25) is 5.24 Å². The van der Waals surface area contributed by atoms with Gasteiger partial charge in [0.05, 0.1) is 0 Å². The summed E-state index contributed by atoms with van der Waals surface area (Å²) in [5.74, 6) is 2.74. The Hall–Kier alpha value is -1.35. The fourth-order valence-electron chi connectivity index (χ4n) is 3.20. The van der Waals surface area contributed by atoms with Crippen molar-refractivity contribution in [1.29, 1.82) is 0 Å². The lowest BCUT2D eigenvalue weighted by molar-refractivity contribution is -0.108. The molecule has 0 radical (unpaired) electrons. The summed E-state index contributed by atoms with van der Waals surface area (Å²) in [5.41, 5.74) is 0.390. The third-order valence-corrected chi connectivity index (χ3v) is 5.27. The zero-order valence-corrected chi connectivity index (χ0v) is 18.3. The van der Waals surface area contributed by atoms with E-state index in [1.807, 2.05) is 0 Å². The van der Waals surface area contributed by atoms with E-state index in [9.17, 15) is 9.59 Å². The third-order valence-electron chi connectivity index (χ3n) is 4.98. The highest BCUT2D eigenvalue weighted by Gasteiger charge is 2.15. The maximum Gasteiger partial charge on any atom is 0.248 e. The number of hydrogen-bond donors (Lipinski definition) is 0. The highest BCUT2D eigenvalue weighted by Crippen LogP contribution is 2.22. The first-order chi connectivity index (χ1) is 12.7. The first kappa shape index (κ1) is 23.7. The molecule has 2 atom stereocenters. The molecule has 0 bridgehead atoms. The molecule has 0 aliphatic rings. The molecule has 0 N–H and O–H groups in total. The van der Waals surface area contributed by atoms with Crippen LogP contribution in [0.4, 0.5) is 0 Å². The molecule has 0 amide bonds. The Morgan fingerprint density at radius 2 is 1.59 bits per heavy atom. The first-order valence-corrected chi connectivity index (χ1v) is 10.6. The van der Waals surface area contributed by atoms with Crippen molar-refractivity contribution < 1.29 is 14.0 Å². The molecule has 1 heterocycles. The molecule has 0 fully saturated rings. The molecule has 152 valence electrons. The van der Waals surface area contributed by atoms with Gasteiger partial charge < -0.3 is 4.42 Å². The van der Waals surface area contributed by atoms with Gasteiger partial charge in [0.25, 0.3) is 0 Å². The van der Waals surface area contributed by atoms with Gasteiger partial charge >= 0.3 is 0 Å². The summed E-state index contributed by atoms with van der Waals surface area (Å²) in [6, 6.07) is 3.36. The number of ketones is 1. The summed E-state index contributed by atoms with van der Waals surface area (Å²) in [5, 5.41) is -0.522. The van der Waals surface area contributed by atoms with E-state index in [2.05, 4.69) is 27.7 Å². The van der Waals surface area contributed by atoms with Gasteiger partial charge in [0, 0.05) is 12.0 Å². The van der Waals surface area contributed by atoms with Crippen molar-refractivity contribution in [1.82, 2.24) is 0 Å². The maximum atomic E-state index is 12.4. The van der Waals surface area contributed by atoms with Crippen LogP contribution < -0.4 is 0 Å². The van der Waals surface area contributed by atoms with E-state index in [0.29, 0.717) is 29.4 Å². The van der Waals surface area contributed by atoms with Crippen LogP contribution in [0.3, 0.4) is 0 Å². The van der Waals surface area contributed by atoms with E-state index in [4.69, 9.17) is 16.0 Å². The van der Waals surface area contributed by atoms with Crippen molar-refractivity contribution in [3.8, 4) is 0 Å². The zero-order valence-electron chi connectivity index (χ0n) is 17.5. The summed E-state index contributed by atoms with van der Waals surface area (Å²) < 4.78 is 5.54. The number of halogens is 1. The Kier molecular flexibility index (Phi) is 10.7. The molecule has 0 aromatic carbocycles. The molecule has 0 spiro atoms. The first-order valence-electron chi connectivity index (χ1n) is 10.2. The number of carbonyl (C=O) groups is 2. The van der Waals surface area contributed by atoms with Crippen LogP contribution in [0.1, 0.15) is 95.9 Å². The SMILES string of the molecule is C/C(=C\c1ccc(C(=O)CC(C)CCCC(C)CCCC(C)C)o1)C(=O)Cl. The van der Waals surface area contributed by atoms with Gasteiger partial charge in [0.1, 0.15) is 5.76 Å². The average molecular weight is 395 g/mol. The average Bonchev–Trinajstić information content (AvgIpc) is 3.03. The second kappa shape index (κ2) is 12.2. The number of allylic oxidation sites excluding steroid dienone is 1. The van der Waals surface area contributed by atoms with E-state index in [0.717, 1.165) is 18.3 Å². The van der Waals surface area contributed by atoms with Crippen molar-refractivity contribution in [2.75, 3.05) is 0 Å². The number of furan rings is 1. The van der Waals surface area contributed by atoms with Crippen LogP contribution >= 0.6 is 11.6 Å².